The molecule has 8 heteroatoms. The maximum atomic E-state index is 13.6. The second-order valence-electron chi connectivity index (χ2n) is 5.22. The first-order valence-electron chi connectivity index (χ1n) is 7.50. The van der Waals surface area contributed by atoms with Crippen LogP contribution in [0, 0.1) is 5.82 Å². The van der Waals surface area contributed by atoms with Crippen LogP contribution in [0.4, 0.5) is 21.8 Å². The van der Waals surface area contributed by atoms with E-state index in [1.165, 1.54) is 12.3 Å². The molecular weight excluding hydrogens is 364 g/mol. The maximum Gasteiger partial charge on any atom is 0.244 e. The van der Waals surface area contributed by atoms with Crippen LogP contribution in [-0.2, 0) is 6.42 Å². The van der Waals surface area contributed by atoms with Crippen molar-refractivity contribution >= 4 is 40.7 Å². The van der Waals surface area contributed by atoms with Gasteiger partial charge in [0.15, 0.2) is 5.82 Å². The van der Waals surface area contributed by atoms with Gasteiger partial charge in [-0.25, -0.2) is 4.39 Å². The van der Waals surface area contributed by atoms with Crippen molar-refractivity contribution in [3.8, 4) is 0 Å². The lowest BCUT2D eigenvalue weighted by Crippen LogP contribution is -2.10. The third-order valence-corrected chi connectivity index (χ3v) is 3.77. The molecule has 3 rings (SSSR count). The molecule has 0 bridgehead atoms. The molecule has 0 spiro atoms. The molecule has 2 aromatic carbocycles. The number of halogens is 3. The average molecular weight is 378 g/mol. The minimum absolute atomic E-state index is 0.225. The van der Waals surface area contributed by atoms with Gasteiger partial charge in [0.25, 0.3) is 0 Å². The molecule has 0 amide bonds. The molecule has 0 fully saturated rings. The van der Waals surface area contributed by atoms with E-state index < -0.39 is 0 Å². The van der Waals surface area contributed by atoms with Crippen molar-refractivity contribution in [1.82, 2.24) is 15.2 Å². The minimum Gasteiger partial charge on any atom is -0.353 e. The Balaban J connectivity index is 1.62. The third kappa shape index (κ3) is 5.01. The molecule has 128 valence electrons. The molecule has 0 atom stereocenters. The predicted molar refractivity (Wildman–Crippen MR) is 98.2 cm³/mol. The summed E-state index contributed by atoms with van der Waals surface area (Å²) in [5, 5.41) is 14.9. The highest BCUT2D eigenvalue weighted by Crippen LogP contribution is 2.24. The number of hydrogen-bond donors (Lipinski definition) is 2. The van der Waals surface area contributed by atoms with Crippen LogP contribution in [0.5, 0.6) is 0 Å². The van der Waals surface area contributed by atoms with Crippen LogP contribution in [0.25, 0.3) is 0 Å². The minimum atomic E-state index is -0.225. The Morgan fingerprint density at radius 2 is 1.80 bits per heavy atom. The number of benzene rings is 2. The number of anilines is 3. The lowest BCUT2D eigenvalue weighted by atomic mass is 10.1. The predicted octanol–water partition coefficient (Wildman–Crippen LogP) is 4.72. The molecule has 0 aliphatic heterocycles. The molecule has 5 nitrogen and oxygen atoms in total. The van der Waals surface area contributed by atoms with E-state index in [0.29, 0.717) is 46.0 Å². The first-order valence-corrected chi connectivity index (χ1v) is 8.26. The number of nitrogens with one attached hydrogen (secondary N) is 2. The quantitative estimate of drug-likeness (QED) is 0.650. The van der Waals surface area contributed by atoms with Crippen LogP contribution in [0.3, 0.4) is 0 Å². The number of rotatable bonds is 6. The second kappa shape index (κ2) is 8.09. The summed E-state index contributed by atoms with van der Waals surface area (Å²) in [7, 11) is 0. The summed E-state index contributed by atoms with van der Waals surface area (Å²) in [6.07, 6.45) is 1.99. The van der Waals surface area contributed by atoms with Crippen molar-refractivity contribution in [3.63, 3.8) is 0 Å². The van der Waals surface area contributed by atoms with Crippen LogP contribution in [0.15, 0.2) is 48.7 Å². The summed E-state index contributed by atoms with van der Waals surface area (Å²) in [6, 6.07) is 11.7. The van der Waals surface area contributed by atoms with Crippen molar-refractivity contribution in [3.05, 3.63) is 70.1 Å². The number of nitrogens with zero attached hydrogens (tertiary/aromatic N) is 3. The largest absolute Gasteiger partial charge is 0.353 e. The lowest BCUT2D eigenvalue weighted by Gasteiger charge is -2.08. The fourth-order valence-electron chi connectivity index (χ4n) is 2.22. The van der Waals surface area contributed by atoms with Gasteiger partial charge in [-0.2, -0.15) is 10.1 Å². The lowest BCUT2D eigenvalue weighted by molar-refractivity contribution is 0.610. The van der Waals surface area contributed by atoms with Crippen molar-refractivity contribution in [2.45, 2.75) is 6.42 Å². The highest BCUT2D eigenvalue weighted by Gasteiger charge is 2.04. The average Bonchev–Trinajstić information content (AvgIpc) is 2.56. The number of hydrogen-bond acceptors (Lipinski definition) is 5. The van der Waals surface area contributed by atoms with E-state index in [1.54, 1.807) is 36.4 Å². The summed E-state index contributed by atoms with van der Waals surface area (Å²) < 4.78 is 13.6. The molecule has 0 saturated heterocycles. The normalized spacial score (nSPS) is 10.5. The van der Waals surface area contributed by atoms with E-state index in [1.807, 2.05) is 0 Å². The van der Waals surface area contributed by atoms with Gasteiger partial charge < -0.3 is 10.6 Å². The number of aromatic nitrogens is 3. The SMILES string of the molecule is Fc1ccccc1CCNc1nncc(Nc2cc(Cl)cc(Cl)c2)n1. The van der Waals surface area contributed by atoms with Gasteiger partial charge in [-0.15, -0.1) is 5.10 Å². The Morgan fingerprint density at radius 3 is 2.56 bits per heavy atom. The third-order valence-electron chi connectivity index (χ3n) is 3.33. The van der Waals surface area contributed by atoms with Crippen molar-refractivity contribution in [2.75, 3.05) is 17.2 Å². The monoisotopic (exact) mass is 377 g/mol. The van der Waals surface area contributed by atoms with Gasteiger partial charge >= 0.3 is 0 Å². The van der Waals surface area contributed by atoms with Crippen molar-refractivity contribution in [2.24, 2.45) is 0 Å². The smallest absolute Gasteiger partial charge is 0.244 e. The standard InChI is InChI=1S/C17H14Cl2FN5/c18-12-7-13(19)9-14(8-12)23-16-10-22-25-17(24-16)21-6-5-11-3-1-2-4-15(11)20/h1-4,7-10H,5-6H2,(H2,21,23,24,25). The van der Waals surface area contributed by atoms with E-state index in [4.69, 9.17) is 23.2 Å². The first-order chi connectivity index (χ1) is 12.1. The van der Waals surface area contributed by atoms with E-state index in [9.17, 15) is 4.39 Å². The summed E-state index contributed by atoms with van der Waals surface area (Å²) in [5.41, 5.74) is 1.32. The van der Waals surface area contributed by atoms with Crippen LogP contribution in [0.2, 0.25) is 10.0 Å². The molecule has 0 saturated carbocycles. The van der Waals surface area contributed by atoms with Gasteiger partial charge in [0.2, 0.25) is 5.95 Å². The fourth-order valence-corrected chi connectivity index (χ4v) is 2.75. The second-order valence-corrected chi connectivity index (χ2v) is 6.09. The fraction of sp³-hybridized carbons (Fsp3) is 0.118. The van der Waals surface area contributed by atoms with Crippen molar-refractivity contribution < 1.29 is 4.39 Å². The van der Waals surface area contributed by atoms with Gasteiger partial charge in [0.05, 0.1) is 6.20 Å². The molecule has 1 aromatic heterocycles. The van der Waals surface area contributed by atoms with Crippen LogP contribution in [0.1, 0.15) is 5.56 Å². The summed E-state index contributed by atoms with van der Waals surface area (Å²) >= 11 is 11.9. The molecule has 3 aromatic rings. The van der Waals surface area contributed by atoms with Gasteiger partial charge in [-0.3, -0.25) is 0 Å². The molecule has 2 N–H and O–H groups in total. The molecule has 0 aliphatic carbocycles. The molecule has 25 heavy (non-hydrogen) atoms. The van der Waals surface area contributed by atoms with Crippen LogP contribution < -0.4 is 10.6 Å². The van der Waals surface area contributed by atoms with E-state index >= 15 is 0 Å². The Morgan fingerprint density at radius 1 is 1.04 bits per heavy atom. The summed E-state index contributed by atoms with van der Waals surface area (Å²) in [5.74, 6) is 0.604. The molecule has 0 unspecified atom stereocenters. The topological polar surface area (TPSA) is 62.7 Å². The first kappa shape index (κ1) is 17.4. The Hall–Kier alpha value is -2.44. The Bertz CT molecular complexity index is 855. The summed E-state index contributed by atoms with van der Waals surface area (Å²) in [6.45, 7) is 0.481. The van der Waals surface area contributed by atoms with Gasteiger partial charge in [0, 0.05) is 22.3 Å². The van der Waals surface area contributed by atoms with Gasteiger partial charge in [-0.1, -0.05) is 41.4 Å². The van der Waals surface area contributed by atoms with Gasteiger partial charge in [0.1, 0.15) is 5.82 Å². The molecule has 0 radical (unpaired) electrons. The zero-order valence-corrected chi connectivity index (χ0v) is 14.5. The zero-order chi connectivity index (χ0) is 17.6. The van der Waals surface area contributed by atoms with E-state index in [-0.39, 0.29) is 5.82 Å². The van der Waals surface area contributed by atoms with Crippen LogP contribution >= 0.6 is 23.2 Å². The van der Waals surface area contributed by atoms with Gasteiger partial charge in [-0.05, 0) is 36.2 Å². The Kier molecular flexibility index (Phi) is 5.63. The molecule has 0 aliphatic rings. The van der Waals surface area contributed by atoms with E-state index in [2.05, 4.69) is 25.8 Å². The molecule has 1 heterocycles. The van der Waals surface area contributed by atoms with Crippen LogP contribution in [-0.4, -0.2) is 21.7 Å². The Labute approximate surface area is 154 Å². The summed E-state index contributed by atoms with van der Waals surface area (Å²) in [4.78, 5) is 4.31. The van der Waals surface area contributed by atoms with Crippen molar-refractivity contribution in [1.29, 1.82) is 0 Å². The highest BCUT2D eigenvalue weighted by molar-refractivity contribution is 6.35. The zero-order valence-electron chi connectivity index (χ0n) is 13.0. The maximum absolute atomic E-state index is 13.6. The highest BCUT2D eigenvalue weighted by atomic mass is 35.5. The molecular formula is C17H14Cl2FN5. The van der Waals surface area contributed by atoms with E-state index in [0.717, 1.165) is 0 Å².